The van der Waals surface area contributed by atoms with Crippen molar-refractivity contribution in [3.05, 3.63) is 30.1 Å². The second-order valence-corrected chi connectivity index (χ2v) is 4.67. The molecule has 4 nitrogen and oxygen atoms in total. The predicted octanol–water partition coefficient (Wildman–Crippen LogP) is 1.71. The van der Waals surface area contributed by atoms with E-state index in [9.17, 15) is 4.79 Å². The lowest BCUT2D eigenvalue weighted by molar-refractivity contribution is -0.124. The molecule has 3 N–H and O–H groups in total. The lowest BCUT2D eigenvalue weighted by Gasteiger charge is -2.10. The molecule has 0 radical (unpaired) electrons. The molecule has 1 saturated carbocycles. The molecule has 1 fully saturated rings. The van der Waals surface area contributed by atoms with Crippen LogP contribution < -0.4 is 11.1 Å². The van der Waals surface area contributed by atoms with Gasteiger partial charge in [0.25, 0.3) is 0 Å². The van der Waals surface area contributed by atoms with Crippen LogP contribution in [0.4, 0.5) is 0 Å². The van der Waals surface area contributed by atoms with E-state index in [1.165, 1.54) is 0 Å². The van der Waals surface area contributed by atoms with Gasteiger partial charge in [-0.25, -0.2) is 0 Å². The Morgan fingerprint density at radius 3 is 2.79 bits per heavy atom. The lowest BCUT2D eigenvalue weighted by atomic mass is 10.1. The number of nitrogens with zero attached hydrogens (tertiary/aromatic N) is 1. The monoisotopic (exact) mass is 305 g/mol. The highest BCUT2D eigenvalue weighted by molar-refractivity contribution is 5.85. The molecule has 1 aliphatic rings. The number of hydrogen-bond acceptors (Lipinski definition) is 3. The van der Waals surface area contributed by atoms with E-state index in [0.717, 1.165) is 31.2 Å². The Hall–Kier alpha value is -0.840. The van der Waals surface area contributed by atoms with Crippen LogP contribution in [0.5, 0.6) is 0 Å². The van der Waals surface area contributed by atoms with Crippen LogP contribution in [0.2, 0.25) is 0 Å². The summed E-state index contributed by atoms with van der Waals surface area (Å²) < 4.78 is 0. The van der Waals surface area contributed by atoms with E-state index in [1.807, 2.05) is 18.3 Å². The first-order valence-electron chi connectivity index (χ1n) is 6.18. The molecule has 1 heterocycles. The first kappa shape index (κ1) is 18.2. The molecular formula is C13H21Cl2N3O. The summed E-state index contributed by atoms with van der Waals surface area (Å²) in [5, 5.41) is 2.97. The Morgan fingerprint density at radius 2 is 2.21 bits per heavy atom. The zero-order chi connectivity index (χ0) is 12.1. The summed E-state index contributed by atoms with van der Waals surface area (Å²) in [5.41, 5.74) is 6.94. The molecule has 19 heavy (non-hydrogen) atoms. The second-order valence-electron chi connectivity index (χ2n) is 4.67. The number of aromatic nitrogens is 1. The molecule has 0 saturated heterocycles. The summed E-state index contributed by atoms with van der Waals surface area (Å²) in [4.78, 5) is 15.8. The molecule has 0 bridgehead atoms. The quantitative estimate of drug-likeness (QED) is 0.890. The number of carbonyl (C=O) groups is 1. The third kappa shape index (κ3) is 5.76. The van der Waals surface area contributed by atoms with Crippen molar-refractivity contribution < 1.29 is 4.79 Å². The van der Waals surface area contributed by atoms with Crippen molar-refractivity contribution in [3.8, 4) is 0 Å². The molecule has 2 atom stereocenters. The standard InChI is InChI=1S/C13H19N3O.2ClH/c14-12-4-3-11(8-12)13(17)16-7-5-10-2-1-6-15-9-10;;/h1-2,6,9,11-12H,3-5,7-8,14H2,(H,16,17);2*1H. The van der Waals surface area contributed by atoms with Crippen LogP contribution in [0.25, 0.3) is 0 Å². The fourth-order valence-corrected chi connectivity index (χ4v) is 2.27. The minimum absolute atomic E-state index is 0. The van der Waals surface area contributed by atoms with Crippen LogP contribution in [-0.4, -0.2) is 23.5 Å². The zero-order valence-electron chi connectivity index (χ0n) is 10.7. The number of hydrogen-bond donors (Lipinski definition) is 2. The minimum Gasteiger partial charge on any atom is -0.356 e. The van der Waals surface area contributed by atoms with Crippen molar-refractivity contribution in [1.82, 2.24) is 10.3 Å². The Bertz CT molecular complexity index is 375. The van der Waals surface area contributed by atoms with E-state index in [0.29, 0.717) is 6.54 Å². The number of amides is 1. The van der Waals surface area contributed by atoms with E-state index in [1.54, 1.807) is 6.20 Å². The van der Waals surface area contributed by atoms with Gasteiger partial charge in [0.1, 0.15) is 0 Å². The van der Waals surface area contributed by atoms with Gasteiger partial charge < -0.3 is 11.1 Å². The van der Waals surface area contributed by atoms with Gasteiger partial charge in [-0.2, -0.15) is 0 Å². The number of rotatable bonds is 4. The van der Waals surface area contributed by atoms with Gasteiger partial charge in [-0.05, 0) is 37.3 Å². The van der Waals surface area contributed by atoms with Crippen LogP contribution in [0.3, 0.4) is 0 Å². The SMILES string of the molecule is Cl.Cl.NC1CCC(C(=O)NCCc2cccnc2)C1. The van der Waals surface area contributed by atoms with Gasteiger partial charge >= 0.3 is 0 Å². The second kappa shape index (κ2) is 9.13. The number of nitrogens with two attached hydrogens (primary N) is 1. The van der Waals surface area contributed by atoms with Gasteiger partial charge in [-0.1, -0.05) is 6.07 Å². The fraction of sp³-hybridized carbons (Fsp3) is 0.538. The van der Waals surface area contributed by atoms with Crippen molar-refractivity contribution in [2.24, 2.45) is 11.7 Å². The van der Waals surface area contributed by atoms with Crippen molar-refractivity contribution in [3.63, 3.8) is 0 Å². The van der Waals surface area contributed by atoms with Crippen molar-refractivity contribution in [2.45, 2.75) is 31.7 Å². The number of halogens is 2. The predicted molar refractivity (Wildman–Crippen MR) is 80.8 cm³/mol. The molecule has 2 unspecified atom stereocenters. The number of pyridine rings is 1. The summed E-state index contributed by atoms with van der Waals surface area (Å²) in [5.74, 6) is 0.278. The maximum Gasteiger partial charge on any atom is 0.223 e. The molecule has 0 aromatic carbocycles. The summed E-state index contributed by atoms with van der Waals surface area (Å²) in [6.07, 6.45) is 7.15. The molecule has 2 rings (SSSR count). The number of nitrogens with one attached hydrogen (secondary N) is 1. The highest BCUT2D eigenvalue weighted by atomic mass is 35.5. The van der Waals surface area contributed by atoms with Crippen LogP contribution in [0.1, 0.15) is 24.8 Å². The zero-order valence-corrected chi connectivity index (χ0v) is 12.4. The maximum absolute atomic E-state index is 11.8. The normalized spacial score (nSPS) is 21.1. The van der Waals surface area contributed by atoms with Crippen molar-refractivity contribution in [2.75, 3.05) is 6.54 Å². The maximum atomic E-state index is 11.8. The average Bonchev–Trinajstić information content (AvgIpc) is 2.77. The van der Waals surface area contributed by atoms with E-state index in [-0.39, 0.29) is 42.7 Å². The van der Waals surface area contributed by atoms with Crippen LogP contribution >= 0.6 is 24.8 Å². The molecule has 1 aromatic rings. The molecule has 108 valence electrons. The van der Waals surface area contributed by atoms with Gasteiger partial charge in [0.2, 0.25) is 5.91 Å². The van der Waals surface area contributed by atoms with Gasteiger partial charge in [-0.3, -0.25) is 9.78 Å². The van der Waals surface area contributed by atoms with Gasteiger partial charge in [0.15, 0.2) is 0 Å². The van der Waals surface area contributed by atoms with Crippen LogP contribution in [0, 0.1) is 5.92 Å². The van der Waals surface area contributed by atoms with Gasteiger partial charge in [0, 0.05) is 30.9 Å². The van der Waals surface area contributed by atoms with Crippen molar-refractivity contribution in [1.29, 1.82) is 0 Å². The van der Waals surface area contributed by atoms with Crippen LogP contribution in [-0.2, 0) is 11.2 Å². The Morgan fingerprint density at radius 1 is 1.42 bits per heavy atom. The van der Waals surface area contributed by atoms with Gasteiger partial charge in [-0.15, -0.1) is 24.8 Å². The molecule has 0 aliphatic heterocycles. The van der Waals surface area contributed by atoms with E-state index in [2.05, 4.69) is 10.3 Å². The first-order valence-corrected chi connectivity index (χ1v) is 6.18. The Balaban J connectivity index is 0.00000162. The fourth-order valence-electron chi connectivity index (χ4n) is 2.27. The summed E-state index contributed by atoms with van der Waals surface area (Å²) >= 11 is 0. The van der Waals surface area contributed by atoms with Gasteiger partial charge in [0.05, 0.1) is 0 Å². The minimum atomic E-state index is 0. The number of carbonyl (C=O) groups excluding carboxylic acids is 1. The molecule has 6 heteroatoms. The topological polar surface area (TPSA) is 68.0 Å². The summed E-state index contributed by atoms with van der Waals surface area (Å²) in [6.45, 7) is 0.677. The summed E-state index contributed by atoms with van der Waals surface area (Å²) in [6, 6.07) is 4.14. The Kier molecular flexibility index (Phi) is 8.72. The van der Waals surface area contributed by atoms with E-state index in [4.69, 9.17) is 5.73 Å². The Labute approximate surface area is 126 Å². The third-order valence-electron chi connectivity index (χ3n) is 3.28. The van der Waals surface area contributed by atoms with E-state index >= 15 is 0 Å². The largest absolute Gasteiger partial charge is 0.356 e. The third-order valence-corrected chi connectivity index (χ3v) is 3.28. The van der Waals surface area contributed by atoms with E-state index < -0.39 is 0 Å². The molecular weight excluding hydrogens is 285 g/mol. The molecule has 1 aliphatic carbocycles. The van der Waals surface area contributed by atoms with Crippen LogP contribution in [0.15, 0.2) is 24.5 Å². The molecule has 0 spiro atoms. The molecule has 1 aromatic heterocycles. The highest BCUT2D eigenvalue weighted by Gasteiger charge is 2.27. The highest BCUT2D eigenvalue weighted by Crippen LogP contribution is 2.23. The van der Waals surface area contributed by atoms with Crippen molar-refractivity contribution >= 4 is 30.7 Å². The molecule has 1 amide bonds. The first-order chi connectivity index (χ1) is 8.25. The lowest BCUT2D eigenvalue weighted by Crippen LogP contribution is -2.31. The smallest absolute Gasteiger partial charge is 0.223 e. The summed E-state index contributed by atoms with van der Waals surface area (Å²) in [7, 11) is 0. The average molecular weight is 306 g/mol.